The van der Waals surface area contributed by atoms with Crippen LogP contribution >= 0.6 is 23.2 Å². The Morgan fingerprint density at radius 1 is 1.44 bits per heavy atom. The average Bonchev–Trinajstić information content (AvgIpc) is 2.82. The van der Waals surface area contributed by atoms with Crippen molar-refractivity contribution in [3.8, 4) is 0 Å². The van der Waals surface area contributed by atoms with E-state index in [0.717, 1.165) is 13.0 Å². The number of rotatable bonds is 2. The molecule has 1 unspecified atom stereocenters. The monoisotopic (exact) mass is 287 g/mol. The van der Waals surface area contributed by atoms with E-state index in [9.17, 15) is 4.79 Å². The molecule has 1 fully saturated rings. The van der Waals surface area contributed by atoms with E-state index in [1.807, 2.05) is 0 Å². The second-order valence-electron chi connectivity index (χ2n) is 4.40. The van der Waals surface area contributed by atoms with Crippen LogP contribution in [-0.2, 0) is 0 Å². The Morgan fingerprint density at radius 3 is 2.83 bits per heavy atom. The lowest BCUT2D eigenvalue weighted by Crippen LogP contribution is -2.33. The van der Waals surface area contributed by atoms with Gasteiger partial charge in [0.15, 0.2) is 0 Å². The Kier molecular flexibility index (Phi) is 4.32. The summed E-state index contributed by atoms with van der Waals surface area (Å²) < 4.78 is 0. The van der Waals surface area contributed by atoms with Crippen LogP contribution in [0.1, 0.15) is 6.42 Å². The van der Waals surface area contributed by atoms with Gasteiger partial charge in [-0.25, -0.2) is 4.79 Å². The highest BCUT2D eigenvalue weighted by molar-refractivity contribution is 6.42. The number of nitrogens with one attached hydrogen (secondary N) is 1. The molecule has 0 spiro atoms. The van der Waals surface area contributed by atoms with Crippen LogP contribution in [0.15, 0.2) is 18.2 Å². The zero-order valence-electron chi connectivity index (χ0n) is 9.83. The molecule has 1 aromatic carbocycles. The molecule has 0 radical (unpaired) electrons. The molecule has 3 N–H and O–H groups in total. The second kappa shape index (κ2) is 5.78. The highest BCUT2D eigenvalue weighted by Gasteiger charge is 2.25. The van der Waals surface area contributed by atoms with Crippen molar-refractivity contribution in [1.82, 2.24) is 4.90 Å². The van der Waals surface area contributed by atoms with Gasteiger partial charge in [0.25, 0.3) is 0 Å². The predicted octanol–water partition coefficient (Wildman–Crippen LogP) is 2.81. The number of hydrogen-bond donors (Lipinski definition) is 2. The van der Waals surface area contributed by atoms with Crippen LogP contribution in [0.4, 0.5) is 10.5 Å². The van der Waals surface area contributed by atoms with Gasteiger partial charge in [0, 0.05) is 18.8 Å². The van der Waals surface area contributed by atoms with Gasteiger partial charge in [-0.1, -0.05) is 23.2 Å². The van der Waals surface area contributed by atoms with Gasteiger partial charge in [0.2, 0.25) is 0 Å². The SMILES string of the molecule is NCC1CCN(C(=O)Nc2ccc(Cl)c(Cl)c2)C1. The van der Waals surface area contributed by atoms with E-state index in [-0.39, 0.29) is 6.03 Å². The van der Waals surface area contributed by atoms with Crippen molar-refractivity contribution in [2.75, 3.05) is 25.0 Å². The molecular formula is C12H15Cl2N3O. The topological polar surface area (TPSA) is 58.4 Å². The molecule has 18 heavy (non-hydrogen) atoms. The minimum Gasteiger partial charge on any atom is -0.330 e. The van der Waals surface area contributed by atoms with Crippen LogP contribution < -0.4 is 11.1 Å². The second-order valence-corrected chi connectivity index (χ2v) is 5.21. The van der Waals surface area contributed by atoms with Gasteiger partial charge in [-0.05, 0) is 37.1 Å². The number of amides is 2. The van der Waals surface area contributed by atoms with Crippen molar-refractivity contribution in [3.05, 3.63) is 28.2 Å². The molecule has 0 aliphatic carbocycles. The number of nitrogens with two attached hydrogens (primary N) is 1. The van der Waals surface area contributed by atoms with Crippen LogP contribution in [0.2, 0.25) is 10.0 Å². The molecule has 1 aromatic rings. The van der Waals surface area contributed by atoms with Crippen LogP contribution in [0.25, 0.3) is 0 Å². The number of carbonyl (C=O) groups excluding carboxylic acids is 1. The van der Waals surface area contributed by atoms with Crippen molar-refractivity contribution in [2.45, 2.75) is 6.42 Å². The summed E-state index contributed by atoms with van der Waals surface area (Å²) in [6.45, 7) is 2.08. The fourth-order valence-corrected chi connectivity index (χ4v) is 2.28. The lowest BCUT2D eigenvalue weighted by Gasteiger charge is -2.17. The van der Waals surface area contributed by atoms with Gasteiger partial charge in [-0.3, -0.25) is 0 Å². The van der Waals surface area contributed by atoms with E-state index in [1.54, 1.807) is 23.1 Å². The maximum absolute atomic E-state index is 12.0. The van der Waals surface area contributed by atoms with Crippen LogP contribution in [-0.4, -0.2) is 30.6 Å². The first-order chi connectivity index (χ1) is 8.60. The molecule has 1 saturated heterocycles. The van der Waals surface area contributed by atoms with Gasteiger partial charge in [0.1, 0.15) is 0 Å². The number of nitrogens with zero attached hydrogens (tertiary/aromatic N) is 1. The molecule has 0 saturated carbocycles. The molecule has 1 aliphatic rings. The highest BCUT2D eigenvalue weighted by atomic mass is 35.5. The molecule has 6 heteroatoms. The van der Waals surface area contributed by atoms with E-state index >= 15 is 0 Å². The predicted molar refractivity (Wildman–Crippen MR) is 74.2 cm³/mol. The lowest BCUT2D eigenvalue weighted by molar-refractivity contribution is 0.221. The quantitative estimate of drug-likeness (QED) is 0.879. The van der Waals surface area contributed by atoms with E-state index in [4.69, 9.17) is 28.9 Å². The molecule has 4 nitrogen and oxygen atoms in total. The first-order valence-electron chi connectivity index (χ1n) is 5.81. The van der Waals surface area contributed by atoms with Gasteiger partial charge in [-0.2, -0.15) is 0 Å². The van der Waals surface area contributed by atoms with Crippen LogP contribution in [0, 0.1) is 5.92 Å². The minimum atomic E-state index is -0.121. The summed E-state index contributed by atoms with van der Waals surface area (Å²) in [5.41, 5.74) is 6.24. The number of benzene rings is 1. The first-order valence-corrected chi connectivity index (χ1v) is 6.57. The normalized spacial score (nSPS) is 19.1. The molecule has 0 bridgehead atoms. The van der Waals surface area contributed by atoms with E-state index < -0.39 is 0 Å². The third-order valence-corrected chi connectivity index (χ3v) is 3.82. The van der Waals surface area contributed by atoms with Crippen molar-refractivity contribution in [1.29, 1.82) is 0 Å². The zero-order chi connectivity index (χ0) is 13.1. The van der Waals surface area contributed by atoms with Crippen LogP contribution in [0.5, 0.6) is 0 Å². The number of carbonyl (C=O) groups is 1. The molecule has 1 atom stereocenters. The molecule has 2 rings (SSSR count). The smallest absolute Gasteiger partial charge is 0.321 e. The zero-order valence-corrected chi connectivity index (χ0v) is 11.3. The van der Waals surface area contributed by atoms with Crippen molar-refractivity contribution < 1.29 is 4.79 Å². The largest absolute Gasteiger partial charge is 0.330 e. The van der Waals surface area contributed by atoms with Crippen molar-refractivity contribution in [2.24, 2.45) is 11.7 Å². The first kappa shape index (κ1) is 13.5. The fraction of sp³-hybridized carbons (Fsp3) is 0.417. The number of halogens is 2. The summed E-state index contributed by atoms with van der Waals surface area (Å²) in [5.74, 6) is 0.407. The summed E-state index contributed by atoms with van der Waals surface area (Å²) in [7, 11) is 0. The summed E-state index contributed by atoms with van der Waals surface area (Å²) in [6.07, 6.45) is 0.964. The van der Waals surface area contributed by atoms with Gasteiger partial charge >= 0.3 is 6.03 Å². The summed E-state index contributed by atoms with van der Waals surface area (Å²) in [5, 5.41) is 3.70. The third kappa shape index (κ3) is 3.07. The molecular weight excluding hydrogens is 273 g/mol. The molecule has 2 amide bonds. The number of anilines is 1. The highest BCUT2D eigenvalue weighted by Crippen LogP contribution is 2.25. The average molecular weight is 288 g/mol. The summed E-state index contributed by atoms with van der Waals surface area (Å²) >= 11 is 11.7. The Labute approximate surface area is 116 Å². The van der Waals surface area contributed by atoms with E-state index in [1.165, 1.54) is 0 Å². The standard InChI is InChI=1S/C12H15Cl2N3O/c13-10-2-1-9(5-11(10)14)16-12(18)17-4-3-8(6-15)7-17/h1-2,5,8H,3-4,6-7,15H2,(H,16,18). The van der Waals surface area contributed by atoms with Crippen molar-refractivity contribution in [3.63, 3.8) is 0 Å². The third-order valence-electron chi connectivity index (χ3n) is 3.08. The maximum Gasteiger partial charge on any atom is 0.321 e. The van der Waals surface area contributed by atoms with E-state index in [0.29, 0.717) is 34.7 Å². The summed E-state index contributed by atoms with van der Waals surface area (Å²) in [6, 6.07) is 4.90. The molecule has 1 heterocycles. The minimum absolute atomic E-state index is 0.121. The Morgan fingerprint density at radius 2 is 2.22 bits per heavy atom. The van der Waals surface area contributed by atoms with Crippen LogP contribution in [0.3, 0.4) is 0 Å². The molecule has 98 valence electrons. The Hall–Kier alpha value is -0.970. The Balaban J connectivity index is 1.97. The Bertz CT molecular complexity index is 453. The lowest BCUT2D eigenvalue weighted by atomic mass is 10.1. The molecule has 0 aromatic heterocycles. The maximum atomic E-state index is 12.0. The fourth-order valence-electron chi connectivity index (χ4n) is 1.99. The van der Waals surface area contributed by atoms with Gasteiger partial charge < -0.3 is 16.0 Å². The number of hydrogen-bond acceptors (Lipinski definition) is 2. The summed E-state index contributed by atoms with van der Waals surface area (Å²) in [4.78, 5) is 13.7. The number of urea groups is 1. The molecule has 1 aliphatic heterocycles. The van der Waals surface area contributed by atoms with Gasteiger partial charge in [-0.15, -0.1) is 0 Å². The van der Waals surface area contributed by atoms with Gasteiger partial charge in [0.05, 0.1) is 10.0 Å². The van der Waals surface area contributed by atoms with Crippen molar-refractivity contribution >= 4 is 34.9 Å². The van der Waals surface area contributed by atoms with E-state index in [2.05, 4.69) is 5.32 Å². The number of likely N-dealkylation sites (tertiary alicyclic amines) is 1.